The van der Waals surface area contributed by atoms with Gasteiger partial charge in [0.15, 0.2) is 0 Å². The van der Waals surface area contributed by atoms with E-state index in [1.807, 2.05) is 0 Å². The molecular weight excluding hydrogens is 402 g/mol. The van der Waals surface area contributed by atoms with Crippen LogP contribution < -0.4 is 4.74 Å². The predicted molar refractivity (Wildman–Crippen MR) is 117 cm³/mol. The molecule has 0 N–H and O–H groups in total. The number of rotatable bonds is 17. The summed E-state index contributed by atoms with van der Waals surface area (Å²) >= 11 is 3.33. The van der Waals surface area contributed by atoms with Crippen molar-refractivity contribution in [2.75, 3.05) is 0 Å². The van der Waals surface area contributed by atoms with Gasteiger partial charge in [-0.1, -0.05) is 96.8 Å². The lowest BCUT2D eigenvalue weighted by molar-refractivity contribution is -0.134. The number of halogens is 1. The number of carbonyl (C=O) groups is 1. The average Bonchev–Trinajstić information content (AvgIpc) is 2.66. The van der Waals surface area contributed by atoms with Crippen LogP contribution >= 0.6 is 15.9 Å². The molecule has 4 heteroatoms. The van der Waals surface area contributed by atoms with Gasteiger partial charge in [-0.3, -0.25) is 9.78 Å². The van der Waals surface area contributed by atoms with Crippen LogP contribution in [-0.2, 0) is 4.79 Å². The molecule has 0 aliphatic rings. The lowest BCUT2D eigenvalue weighted by Crippen LogP contribution is -2.07. The molecule has 0 fully saturated rings. The number of hydrogen-bond acceptors (Lipinski definition) is 3. The molecular formula is C23H38BrNO2. The number of esters is 1. The topological polar surface area (TPSA) is 39.2 Å². The van der Waals surface area contributed by atoms with Gasteiger partial charge in [0.05, 0.1) is 4.47 Å². The molecule has 0 radical (unpaired) electrons. The van der Waals surface area contributed by atoms with E-state index in [-0.39, 0.29) is 5.97 Å². The first kappa shape index (κ1) is 24.1. The summed E-state index contributed by atoms with van der Waals surface area (Å²) in [4.78, 5) is 15.8. The Labute approximate surface area is 174 Å². The molecule has 0 aliphatic heterocycles. The van der Waals surface area contributed by atoms with Crippen molar-refractivity contribution in [3.8, 4) is 5.75 Å². The zero-order valence-corrected chi connectivity index (χ0v) is 18.8. The smallest absolute Gasteiger partial charge is 0.311 e. The van der Waals surface area contributed by atoms with Crippen molar-refractivity contribution in [1.29, 1.82) is 0 Å². The molecule has 0 atom stereocenters. The summed E-state index contributed by atoms with van der Waals surface area (Å²) in [7, 11) is 0. The number of carbonyl (C=O) groups excluding carboxylic acids is 1. The third kappa shape index (κ3) is 13.8. The molecule has 0 bridgehead atoms. The number of hydrogen-bond donors (Lipinski definition) is 0. The van der Waals surface area contributed by atoms with E-state index >= 15 is 0 Å². The Kier molecular flexibility index (Phi) is 15.4. The zero-order valence-electron chi connectivity index (χ0n) is 17.2. The molecule has 0 saturated carbocycles. The van der Waals surface area contributed by atoms with Gasteiger partial charge in [-0.05, 0) is 22.4 Å². The van der Waals surface area contributed by atoms with E-state index in [0.717, 1.165) is 17.3 Å². The van der Waals surface area contributed by atoms with Gasteiger partial charge < -0.3 is 4.74 Å². The summed E-state index contributed by atoms with van der Waals surface area (Å²) in [5, 5.41) is 0. The molecule has 0 unspecified atom stereocenters. The Bertz CT molecular complexity index is 493. The van der Waals surface area contributed by atoms with Gasteiger partial charge in [0.25, 0.3) is 0 Å². The molecule has 1 rings (SSSR count). The normalized spacial score (nSPS) is 10.9. The van der Waals surface area contributed by atoms with Crippen molar-refractivity contribution in [3.63, 3.8) is 0 Å². The van der Waals surface area contributed by atoms with Crippen LogP contribution in [0.4, 0.5) is 0 Å². The lowest BCUT2D eigenvalue weighted by Gasteiger charge is -2.06. The van der Waals surface area contributed by atoms with E-state index in [1.54, 1.807) is 18.5 Å². The maximum Gasteiger partial charge on any atom is 0.311 e. The van der Waals surface area contributed by atoms with Crippen molar-refractivity contribution >= 4 is 21.9 Å². The summed E-state index contributed by atoms with van der Waals surface area (Å²) in [6.45, 7) is 2.28. The van der Waals surface area contributed by atoms with Crippen molar-refractivity contribution in [2.24, 2.45) is 0 Å². The molecule has 1 aromatic rings. The Morgan fingerprint density at radius 3 is 1.81 bits per heavy atom. The quantitative estimate of drug-likeness (QED) is 0.182. The maximum atomic E-state index is 11.8. The lowest BCUT2D eigenvalue weighted by atomic mass is 10.0. The van der Waals surface area contributed by atoms with Crippen LogP contribution in [0.3, 0.4) is 0 Å². The molecule has 0 amide bonds. The van der Waals surface area contributed by atoms with Crippen LogP contribution in [0.2, 0.25) is 0 Å². The second-order valence-electron chi connectivity index (χ2n) is 7.48. The van der Waals surface area contributed by atoms with Crippen LogP contribution in [0, 0.1) is 0 Å². The minimum Gasteiger partial charge on any atom is -0.425 e. The van der Waals surface area contributed by atoms with E-state index in [0.29, 0.717) is 12.2 Å². The largest absolute Gasteiger partial charge is 0.425 e. The van der Waals surface area contributed by atoms with Gasteiger partial charge in [-0.2, -0.15) is 0 Å². The first-order valence-corrected chi connectivity index (χ1v) is 11.8. The van der Waals surface area contributed by atoms with Crippen LogP contribution in [-0.4, -0.2) is 11.0 Å². The van der Waals surface area contributed by atoms with Crippen molar-refractivity contribution in [3.05, 3.63) is 22.9 Å². The molecule has 1 aromatic heterocycles. The average molecular weight is 440 g/mol. The minimum absolute atomic E-state index is 0.156. The third-order valence-electron chi connectivity index (χ3n) is 4.94. The molecule has 0 saturated heterocycles. The Hall–Kier alpha value is -0.900. The molecule has 0 spiro atoms. The highest BCUT2D eigenvalue weighted by molar-refractivity contribution is 9.10. The van der Waals surface area contributed by atoms with Crippen molar-refractivity contribution in [2.45, 2.75) is 110 Å². The first-order chi connectivity index (χ1) is 13.2. The highest BCUT2D eigenvalue weighted by atomic mass is 79.9. The molecule has 0 aromatic carbocycles. The number of pyridine rings is 1. The van der Waals surface area contributed by atoms with Gasteiger partial charge in [0.2, 0.25) is 0 Å². The highest BCUT2D eigenvalue weighted by Gasteiger charge is 2.07. The third-order valence-corrected chi connectivity index (χ3v) is 5.54. The monoisotopic (exact) mass is 439 g/mol. The SMILES string of the molecule is CCCCCCCCCCCCCCCCCC(=O)Oc1ccncc1Br. The number of nitrogens with zero attached hydrogens (tertiary/aromatic N) is 1. The summed E-state index contributed by atoms with van der Waals surface area (Å²) in [5.74, 6) is 0.396. The second kappa shape index (κ2) is 17.2. The van der Waals surface area contributed by atoms with E-state index < -0.39 is 0 Å². The number of unbranched alkanes of at least 4 members (excludes halogenated alkanes) is 14. The molecule has 0 aliphatic carbocycles. The minimum atomic E-state index is -0.156. The fourth-order valence-electron chi connectivity index (χ4n) is 3.26. The molecule has 3 nitrogen and oxygen atoms in total. The fourth-order valence-corrected chi connectivity index (χ4v) is 3.59. The van der Waals surface area contributed by atoms with Crippen molar-refractivity contribution in [1.82, 2.24) is 4.98 Å². The summed E-state index contributed by atoms with van der Waals surface area (Å²) in [5.41, 5.74) is 0. The van der Waals surface area contributed by atoms with E-state index in [9.17, 15) is 4.79 Å². The first-order valence-electron chi connectivity index (χ1n) is 11.0. The van der Waals surface area contributed by atoms with Crippen LogP contribution in [0.1, 0.15) is 110 Å². The Balaban J connectivity index is 1.82. The van der Waals surface area contributed by atoms with E-state index in [2.05, 4.69) is 27.8 Å². The molecule has 154 valence electrons. The van der Waals surface area contributed by atoms with Gasteiger partial charge in [0.1, 0.15) is 5.75 Å². The van der Waals surface area contributed by atoms with Crippen LogP contribution in [0.25, 0.3) is 0 Å². The standard InChI is InChI=1S/C23H38BrNO2/c1-2-3-4-5-6-7-8-9-10-11-12-13-14-15-16-17-23(26)27-22-18-19-25-20-21(22)24/h18-20H,2-17H2,1H3. The van der Waals surface area contributed by atoms with Gasteiger partial charge in [0, 0.05) is 24.9 Å². The van der Waals surface area contributed by atoms with E-state index in [4.69, 9.17) is 4.74 Å². The summed E-state index contributed by atoms with van der Waals surface area (Å²) in [6.07, 6.45) is 23.7. The highest BCUT2D eigenvalue weighted by Crippen LogP contribution is 2.23. The summed E-state index contributed by atoms with van der Waals surface area (Å²) < 4.78 is 6.06. The predicted octanol–water partition coefficient (Wildman–Crippen LogP) is 8.01. The van der Waals surface area contributed by atoms with Gasteiger partial charge in [-0.15, -0.1) is 0 Å². The molecule has 1 heterocycles. The second-order valence-corrected chi connectivity index (χ2v) is 8.33. The number of ether oxygens (including phenoxy) is 1. The zero-order chi connectivity index (χ0) is 19.6. The van der Waals surface area contributed by atoms with Gasteiger partial charge >= 0.3 is 5.97 Å². The Morgan fingerprint density at radius 2 is 1.33 bits per heavy atom. The van der Waals surface area contributed by atoms with Crippen molar-refractivity contribution < 1.29 is 9.53 Å². The fraction of sp³-hybridized carbons (Fsp3) is 0.739. The van der Waals surface area contributed by atoms with Crippen LogP contribution in [0.15, 0.2) is 22.9 Å². The summed E-state index contributed by atoms with van der Waals surface area (Å²) in [6, 6.07) is 1.70. The van der Waals surface area contributed by atoms with E-state index in [1.165, 1.54) is 83.5 Å². The Morgan fingerprint density at radius 1 is 0.852 bits per heavy atom. The maximum absolute atomic E-state index is 11.8. The van der Waals surface area contributed by atoms with Crippen LogP contribution in [0.5, 0.6) is 5.75 Å². The number of aromatic nitrogens is 1. The van der Waals surface area contributed by atoms with Gasteiger partial charge in [-0.25, -0.2) is 0 Å². The molecule has 27 heavy (non-hydrogen) atoms.